The Labute approximate surface area is 151 Å². The fourth-order valence-electron chi connectivity index (χ4n) is 3.06. The van der Waals surface area contributed by atoms with Crippen LogP contribution in [0.4, 0.5) is 5.82 Å². The van der Waals surface area contributed by atoms with E-state index in [0.717, 1.165) is 74.0 Å². The highest BCUT2D eigenvalue weighted by molar-refractivity contribution is 5.59. The molecule has 0 saturated heterocycles. The molecule has 26 heavy (non-hydrogen) atoms. The molecule has 3 aromatic rings. The van der Waals surface area contributed by atoms with Crippen molar-refractivity contribution in [2.75, 3.05) is 25.0 Å². The van der Waals surface area contributed by atoms with E-state index in [4.69, 9.17) is 9.97 Å². The number of pyridine rings is 1. The van der Waals surface area contributed by atoms with Crippen molar-refractivity contribution in [2.24, 2.45) is 0 Å². The zero-order valence-electron chi connectivity index (χ0n) is 14.4. The summed E-state index contributed by atoms with van der Waals surface area (Å²) in [6, 6.07) is 3.88. The Kier molecular flexibility index (Phi) is 5.06. The molecule has 3 aromatic heterocycles. The molecule has 0 aromatic carbocycles. The number of rotatable bonds is 6. The molecule has 1 aliphatic rings. The van der Waals surface area contributed by atoms with E-state index in [1.807, 2.05) is 12.1 Å². The van der Waals surface area contributed by atoms with E-state index >= 15 is 0 Å². The maximum atomic E-state index is 4.82. The minimum atomic E-state index is 0.731. The van der Waals surface area contributed by atoms with Gasteiger partial charge < -0.3 is 10.6 Å². The molecule has 3 N–H and O–H groups in total. The predicted molar refractivity (Wildman–Crippen MR) is 96.5 cm³/mol. The normalized spacial score (nSPS) is 13.8. The van der Waals surface area contributed by atoms with Gasteiger partial charge in [-0.1, -0.05) is 5.21 Å². The first-order chi connectivity index (χ1) is 12.9. The van der Waals surface area contributed by atoms with Crippen LogP contribution in [-0.2, 0) is 19.3 Å². The molecule has 0 aliphatic carbocycles. The molecule has 0 radical (unpaired) electrons. The number of fused-ring (bicyclic) bond motifs is 1. The van der Waals surface area contributed by atoms with E-state index in [2.05, 4.69) is 36.2 Å². The molecule has 1 aliphatic heterocycles. The Balaban J connectivity index is 1.55. The summed E-state index contributed by atoms with van der Waals surface area (Å²) in [7, 11) is 0. The Hall–Kier alpha value is -2.94. The van der Waals surface area contributed by atoms with Gasteiger partial charge in [0.2, 0.25) is 0 Å². The van der Waals surface area contributed by atoms with Gasteiger partial charge in [-0.25, -0.2) is 9.97 Å². The Morgan fingerprint density at radius 3 is 2.81 bits per heavy atom. The summed E-state index contributed by atoms with van der Waals surface area (Å²) >= 11 is 0. The zero-order chi connectivity index (χ0) is 17.6. The highest BCUT2D eigenvalue weighted by Crippen LogP contribution is 2.24. The fourth-order valence-corrected chi connectivity index (χ4v) is 3.06. The van der Waals surface area contributed by atoms with Gasteiger partial charge in [0.1, 0.15) is 5.82 Å². The van der Waals surface area contributed by atoms with Crippen molar-refractivity contribution in [3.05, 3.63) is 41.6 Å². The summed E-state index contributed by atoms with van der Waals surface area (Å²) in [5, 5.41) is 21.0. The Morgan fingerprint density at radius 2 is 1.96 bits per heavy atom. The average Bonchev–Trinajstić information content (AvgIpc) is 3.09. The second-order valence-electron chi connectivity index (χ2n) is 6.17. The summed E-state index contributed by atoms with van der Waals surface area (Å²) in [6.07, 6.45) is 7.05. The molecule has 134 valence electrons. The van der Waals surface area contributed by atoms with Crippen molar-refractivity contribution < 1.29 is 0 Å². The summed E-state index contributed by atoms with van der Waals surface area (Å²) in [5.41, 5.74) is 3.32. The van der Waals surface area contributed by atoms with Crippen molar-refractivity contribution >= 4 is 5.82 Å². The number of tetrazole rings is 1. The van der Waals surface area contributed by atoms with Crippen molar-refractivity contribution in [2.45, 2.75) is 25.7 Å². The van der Waals surface area contributed by atoms with Gasteiger partial charge in [0, 0.05) is 49.5 Å². The topological polar surface area (TPSA) is 117 Å². The van der Waals surface area contributed by atoms with Crippen molar-refractivity contribution in [1.29, 1.82) is 0 Å². The van der Waals surface area contributed by atoms with E-state index in [1.54, 1.807) is 12.4 Å². The maximum absolute atomic E-state index is 4.82. The molecule has 4 rings (SSSR count). The van der Waals surface area contributed by atoms with E-state index in [9.17, 15) is 0 Å². The average molecular weight is 351 g/mol. The maximum Gasteiger partial charge on any atom is 0.174 e. The Morgan fingerprint density at radius 1 is 1.08 bits per heavy atom. The molecule has 0 fully saturated rings. The van der Waals surface area contributed by atoms with Crippen molar-refractivity contribution in [3.8, 4) is 11.4 Å². The monoisotopic (exact) mass is 351 g/mol. The number of aryl methyl sites for hydroxylation is 1. The predicted octanol–water partition coefficient (Wildman–Crippen LogP) is 0.785. The highest BCUT2D eigenvalue weighted by Gasteiger charge is 2.17. The SMILES string of the molecule is c1cc(-c2nc3c(c(NCCCc4nn[nH]n4)n2)CCNCC3)ccn1. The molecule has 0 unspecified atom stereocenters. The highest BCUT2D eigenvalue weighted by atomic mass is 15.5. The van der Waals surface area contributed by atoms with Crippen LogP contribution >= 0.6 is 0 Å². The third-order valence-corrected chi connectivity index (χ3v) is 4.38. The van der Waals surface area contributed by atoms with Crippen LogP contribution in [0.1, 0.15) is 23.5 Å². The van der Waals surface area contributed by atoms with Crippen LogP contribution in [-0.4, -0.2) is 55.2 Å². The minimum absolute atomic E-state index is 0.731. The lowest BCUT2D eigenvalue weighted by atomic mass is 10.1. The standard InChI is InChI=1S/C17H21N9/c1(2-15-23-25-26-24-15)7-20-17-13-5-10-19-11-6-14(13)21-16(22-17)12-3-8-18-9-4-12/h3-4,8-9,19H,1-2,5-7,10-11H2,(H,20,21,22)(H,23,24,25,26). The molecule has 0 atom stereocenters. The van der Waals surface area contributed by atoms with Gasteiger partial charge in [-0.15, -0.1) is 10.2 Å². The lowest BCUT2D eigenvalue weighted by molar-refractivity contribution is 0.708. The summed E-state index contributed by atoms with van der Waals surface area (Å²) < 4.78 is 0. The van der Waals surface area contributed by atoms with Gasteiger partial charge in [0.15, 0.2) is 11.6 Å². The van der Waals surface area contributed by atoms with Gasteiger partial charge in [-0.05, 0) is 31.5 Å². The number of aromatic nitrogens is 7. The van der Waals surface area contributed by atoms with Crippen molar-refractivity contribution in [1.82, 2.24) is 40.9 Å². The molecular weight excluding hydrogens is 330 g/mol. The van der Waals surface area contributed by atoms with Crippen LogP contribution in [0.2, 0.25) is 0 Å². The molecule has 9 nitrogen and oxygen atoms in total. The van der Waals surface area contributed by atoms with Gasteiger partial charge in [0.25, 0.3) is 0 Å². The third-order valence-electron chi connectivity index (χ3n) is 4.38. The largest absolute Gasteiger partial charge is 0.370 e. The minimum Gasteiger partial charge on any atom is -0.370 e. The number of H-pyrrole nitrogens is 1. The number of anilines is 1. The molecule has 0 amide bonds. The lowest BCUT2D eigenvalue weighted by Gasteiger charge is -2.14. The second kappa shape index (κ2) is 7.96. The number of aromatic amines is 1. The lowest BCUT2D eigenvalue weighted by Crippen LogP contribution is -2.16. The van der Waals surface area contributed by atoms with Crippen molar-refractivity contribution in [3.63, 3.8) is 0 Å². The first-order valence-corrected chi connectivity index (χ1v) is 8.87. The summed E-state index contributed by atoms with van der Waals surface area (Å²) in [4.78, 5) is 13.7. The number of hydrogen-bond donors (Lipinski definition) is 3. The van der Waals surface area contributed by atoms with Crippen LogP contribution in [0.5, 0.6) is 0 Å². The van der Waals surface area contributed by atoms with Gasteiger partial charge in [-0.2, -0.15) is 5.21 Å². The van der Waals surface area contributed by atoms with E-state index < -0.39 is 0 Å². The first-order valence-electron chi connectivity index (χ1n) is 8.87. The molecule has 0 saturated carbocycles. The number of hydrogen-bond acceptors (Lipinski definition) is 8. The molecule has 4 heterocycles. The number of nitrogens with one attached hydrogen (secondary N) is 3. The van der Waals surface area contributed by atoms with Crippen LogP contribution < -0.4 is 10.6 Å². The van der Waals surface area contributed by atoms with E-state index in [1.165, 1.54) is 5.56 Å². The molecule has 9 heteroatoms. The quantitative estimate of drug-likeness (QED) is 0.558. The van der Waals surface area contributed by atoms with Crippen LogP contribution in [0, 0.1) is 0 Å². The molecule has 0 bridgehead atoms. The van der Waals surface area contributed by atoms with Crippen LogP contribution in [0.25, 0.3) is 11.4 Å². The van der Waals surface area contributed by atoms with Crippen LogP contribution in [0.3, 0.4) is 0 Å². The van der Waals surface area contributed by atoms with Gasteiger partial charge >= 0.3 is 0 Å². The first kappa shape index (κ1) is 16.5. The third kappa shape index (κ3) is 3.83. The summed E-state index contributed by atoms with van der Waals surface area (Å²) in [5.74, 6) is 2.40. The Bertz CT molecular complexity index is 833. The zero-order valence-corrected chi connectivity index (χ0v) is 14.4. The molecule has 0 spiro atoms. The summed E-state index contributed by atoms with van der Waals surface area (Å²) in [6.45, 7) is 2.68. The second-order valence-corrected chi connectivity index (χ2v) is 6.17. The van der Waals surface area contributed by atoms with Gasteiger partial charge in [-0.3, -0.25) is 4.98 Å². The smallest absolute Gasteiger partial charge is 0.174 e. The van der Waals surface area contributed by atoms with Crippen LogP contribution in [0.15, 0.2) is 24.5 Å². The fraction of sp³-hybridized carbons (Fsp3) is 0.412. The number of nitrogens with zero attached hydrogens (tertiary/aromatic N) is 6. The van der Waals surface area contributed by atoms with E-state index in [0.29, 0.717) is 0 Å². The van der Waals surface area contributed by atoms with Gasteiger partial charge in [0.05, 0.1) is 5.69 Å². The van der Waals surface area contributed by atoms with E-state index in [-0.39, 0.29) is 0 Å². The molecular formula is C17H21N9.